The van der Waals surface area contributed by atoms with Crippen molar-refractivity contribution in [1.29, 1.82) is 0 Å². The molecule has 0 saturated heterocycles. The summed E-state index contributed by atoms with van der Waals surface area (Å²) < 4.78 is 10.9. The molecule has 0 aliphatic carbocycles. The quantitative estimate of drug-likeness (QED) is 0.505. The van der Waals surface area contributed by atoms with Gasteiger partial charge in [-0.2, -0.15) is 0 Å². The molecule has 1 aromatic carbocycles. The van der Waals surface area contributed by atoms with Crippen LogP contribution in [0.2, 0.25) is 0 Å². The first-order valence-electron chi connectivity index (χ1n) is 6.65. The molecule has 0 aliphatic heterocycles. The Morgan fingerprint density at radius 2 is 2.14 bits per heavy atom. The van der Waals surface area contributed by atoms with Crippen LogP contribution in [0.15, 0.2) is 40.2 Å². The van der Waals surface area contributed by atoms with Crippen LogP contribution < -0.4 is 4.74 Å². The standard InChI is InChI=1S/C16H17NO3S/c1-13-12-20-16(17-13)21-11-10-19-15-7-5-14(6-8-15)4-2-3-9-18/h5-8,12,18H,3,9-11H2,1H3. The Balaban J connectivity index is 1.72. The molecule has 4 nitrogen and oxygen atoms in total. The summed E-state index contributed by atoms with van der Waals surface area (Å²) in [6, 6.07) is 7.60. The van der Waals surface area contributed by atoms with Crippen molar-refractivity contribution in [3.63, 3.8) is 0 Å². The Hall–Kier alpha value is -1.90. The first-order valence-corrected chi connectivity index (χ1v) is 7.64. The number of benzene rings is 1. The highest BCUT2D eigenvalue weighted by atomic mass is 32.2. The van der Waals surface area contributed by atoms with Gasteiger partial charge < -0.3 is 14.3 Å². The van der Waals surface area contributed by atoms with Crippen LogP contribution in [0.4, 0.5) is 0 Å². The summed E-state index contributed by atoms with van der Waals surface area (Å²) in [6.45, 7) is 2.58. The molecule has 0 bridgehead atoms. The maximum Gasteiger partial charge on any atom is 0.255 e. The topological polar surface area (TPSA) is 55.5 Å². The SMILES string of the molecule is Cc1coc(SCCOc2ccc(C#CCCO)cc2)n1. The number of aliphatic hydroxyl groups is 1. The highest BCUT2D eigenvalue weighted by molar-refractivity contribution is 7.99. The molecule has 0 spiro atoms. The molecule has 0 fully saturated rings. The third-order valence-corrected chi connectivity index (χ3v) is 3.30. The van der Waals surface area contributed by atoms with Crippen LogP contribution in [-0.4, -0.2) is 29.1 Å². The van der Waals surface area contributed by atoms with Gasteiger partial charge in [0.05, 0.1) is 18.9 Å². The summed E-state index contributed by atoms with van der Waals surface area (Å²) in [7, 11) is 0. The van der Waals surface area contributed by atoms with E-state index < -0.39 is 0 Å². The lowest BCUT2D eigenvalue weighted by atomic mass is 10.2. The molecule has 1 N–H and O–H groups in total. The van der Waals surface area contributed by atoms with Gasteiger partial charge in [0.1, 0.15) is 12.0 Å². The molecule has 2 aromatic rings. The number of hydrogen-bond acceptors (Lipinski definition) is 5. The molecule has 1 heterocycles. The van der Waals surface area contributed by atoms with Gasteiger partial charge in [-0.1, -0.05) is 23.6 Å². The maximum atomic E-state index is 8.66. The fraction of sp³-hybridized carbons (Fsp3) is 0.312. The van der Waals surface area contributed by atoms with Gasteiger partial charge in [-0.05, 0) is 31.2 Å². The van der Waals surface area contributed by atoms with E-state index in [-0.39, 0.29) is 6.61 Å². The van der Waals surface area contributed by atoms with Crippen molar-refractivity contribution >= 4 is 11.8 Å². The zero-order chi connectivity index (χ0) is 14.9. The van der Waals surface area contributed by atoms with Crippen molar-refractivity contribution in [2.75, 3.05) is 19.0 Å². The normalized spacial score (nSPS) is 10.0. The Kier molecular flexibility index (Phi) is 6.20. The van der Waals surface area contributed by atoms with E-state index in [0.717, 1.165) is 22.8 Å². The average molecular weight is 303 g/mol. The van der Waals surface area contributed by atoms with Gasteiger partial charge in [-0.15, -0.1) is 0 Å². The van der Waals surface area contributed by atoms with Gasteiger partial charge in [-0.25, -0.2) is 4.98 Å². The fourth-order valence-electron chi connectivity index (χ4n) is 1.54. The minimum Gasteiger partial charge on any atom is -0.493 e. The van der Waals surface area contributed by atoms with E-state index >= 15 is 0 Å². The molecule has 0 atom stereocenters. The molecule has 0 radical (unpaired) electrons. The number of hydrogen-bond donors (Lipinski definition) is 1. The molecule has 0 aliphatic rings. The third kappa shape index (κ3) is 5.54. The molecule has 0 amide bonds. The summed E-state index contributed by atoms with van der Waals surface area (Å²) in [5, 5.41) is 9.33. The summed E-state index contributed by atoms with van der Waals surface area (Å²) in [4.78, 5) is 4.21. The van der Waals surface area contributed by atoms with Crippen molar-refractivity contribution < 1.29 is 14.3 Å². The first kappa shape index (κ1) is 15.5. The zero-order valence-electron chi connectivity index (χ0n) is 11.8. The van der Waals surface area contributed by atoms with E-state index in [1.54, 1.807) is 6.26 Å². The van der Waals surface area contributed by atoms with Gasteiger partial charge in [0.15, 0.2) is 0 Å². The lowest BCUT2D eigenvalue weighted by Crippen LogP contribution is -1.99. The zero-order valence-corrected chi connectivity index (χ0v) is 12.7. The van der Waals surface area contributed by atoms with Crippen LogP contribution >= 0.6 is 11.8 Å². The number of ether oxygens (including phenoxy) is 1. The van der Waals surface area contributed by atoms with Crippen molar-refractivity contribution in [2.24, 2.45) is 0 Å². The van der Waals surface area contributed by atoms with Crippen LogP contribution in [0.25, 0.3) is 0 Å². The maximum absolute atomic E-state index is 8.66. The van der Waals surface area contributed by atoms with Crippen LogP contribution in [0.1, 0.15) is 17.7 Å². The van der Waals surface area contributed by atoms with Crippen molar-refractivity contribution in [2.45, 2.75) is 18.6 Å². The highest BCUT2D eigenvalue weighted by Gasteiger charge is 2.01. The molecular formula is C16H17NO3S. The molecule has 21 heavy (non-hydrogen) atoms. The number of aliphatic hydroxyl groups excluding tert-OH is 1. The number of aromatic nitrogens is 1. The number of rotatable bonds is 6. The summed E-state index contributed by atoms with van der Waals surface area (Å²) in [5.41, 5.74) is 1.80. The summed E-state index contributed by atoms with van der Waals surface area (Å²) in [6.07, 6.45) is 2.13. The minimum absolute atomic E-state index is 0.0932. The van der Waals surface area contributed by atoms with E-state index in [1.165, 1.54) is 11.8 Å². The Morgan fingerprint density at radius 3 is 2.81 bits per heavy atom. The summed E-state index contributed by atoms with van der Waals surface area (Å²) >= 11 is 1.53. The van der Waals surface area contributed by atoms with Gasteiger partial charge >= 0.3 is 0 Å². The predicted octanol–water partition coefficient (Wildman–Crippen LogP) is 2.89. The lowest BCUT2D eigenvalue weighted by molar-refractivity contribution is 0.305. The second-order valence-electron chi connectivity index (χ2n) is 4.25. The number of nitrogens with zero attached hydrogens (tertiary/aromatic N) is 1. The van der Waals surface area contributed by atoms with Gasteiger partial charge in [0.25, 0.3) is 5.22 Å². The van der Waals surface area contributed by atoms with Crippen molar-refractivity contribution in [1.82, 2.24) is 4.98 Å². The van der Waals surface area contributed by atoms with E-state index in [0.29, 0.717) is 18.3 Å². The van der Waals surface area contributed by atoms with Gasteiger partial charge in [0, 0.05) is 17.7 Å². The molecule has 1 aromatic heterocycles. The fourth-order valence-corrected chi connectivity index (χ4v) is 2.21. The first-order chi connectivity index (χ1) is 10.3. The second-order valence-corrected chi connectivity index (χ2v) is 5.30. The second kappa shape index (κ2) is 8.40. The summed E-state index contributed by atoms with van der Waals surface area (Å²) in [5.74, 6) is 7.44. The Bertz CT molecular complexity index is 610. The molecular weight excluding hydrogens is 286 g/mol. The van der Waals surface area contributed by atoms with E-state index in [4.69, 9.17) is 14.3 Å². The van der Waals surface area contributed by atoms with Gasteiger partial charge in [0.2, 0.25) is 0 Å². The van der Waals surface area contributed by atoms with E-state index in [1.807, 2.05) is 31.2 Å². The van der Waals surface area contributed by atoms with Crippen molar-refractivity contribution in [3.05, 3.63) is 41.8 Å². The average Bonchev–Trinajstić information content (AvgIpc) is 2.91. The monoisotopic (exact) mass is 303 g/mol. The molecule has 110 valence electrons. The van der Waals surface area contributed by atoms with Gasteiger partial charge in [-0.3, -0.25) is 0 Å². The lowest BCUT2D eigenvalue weighted by Gasteiger charge is -2.04. The third-order valence-electron chi connectivity index (χ3n) is 2.50. The molecule has 5 heteroatoms. The smallest absolute Gasteiger partial charge is 0.255 e. The van der Waals surface area contributed by atoms with Crippen LogP contribution in [0, 0.1) is 18.8 Å². The van der Waals surface area contributed by atoms with Crippen molar-refractivity contribution in [3.8, 4) is 17.6 Å². The largest absolute Gasteiger partial charge is 0.493 e. The number of oxazole rings is 1. The number of aryl methyl sites for hydroxylation is 1. The number of thioether (sulfide) groups is 1. The Morgan fingerprint density at radius 1 is 1.33 bits per heavy atom. The predicted molar refractivity (Wildman–Crippen MR) is 82.5 cm³/mol. The van der Waals surface area contributed by atoms with E-state index in [9.17, 15) is 0 Å². The molecule has 0 unspecified atom stereocenters. The van der Waals surface area contributed by atoms with Crippen LogP contribution in [-0.2, 0) is 0 Å². The molecule has 0 saturated carbocycles. The van der Waals surface area contributed by atoms with Crippen LogP contribution in [0.5, 0.6) is 5.75 Å². The van der Waals surface area contributed by atoms with Crippen LogP contribution in [0.3, 0.4) is 0 Å². The van der Waals surface area contributed by atoms with E-state index in [2.05, 4.69) is 16.8 Å². The highest BCUT2D eigenvalue weighted by Crippen LogP contribution is 2.17. The molecule has 2 rings (SSSR count). The Labute approximate surface area is 128 Å². The minimum atomic E-state index is 0.0932.